The Morgan fingerprint density at radius 1 is 0.185 bits per heavy atom. The maximum absolute atomic E-state index is 2.39. The number of rotatable bonds is 8. The molecule has 0 spiro atoms. The van der Waals surface area contributed by atoms with Gasteiger partial charge in [0.05, 0.1) is 0 Å². The molecule has 0 aliphatic rings. The second-order valence-corrected chi connectivity index (χ2v) is 22.7. The first-order valence-corrected chi connectivity index (χ1v) is 23.7. The Kier molecular flexibility index (Phi) is 12.1. The third-order valence-corrected chi connectivity index (χ3v) is 14.0. The van der Waals surface area contributed by atoms with E-state index in [0.717, 1.165) is 0 Å². The van der Waals surface area contributed by atoms with E-state index in [1.54, 1.807) is 0 Å². The fourth-order valence-electron chi connectivity index (χ4n) is 9.66. The van der Waals surface area contributed by atoms with Crippen LogP contribution >= 0.6 is 0 Å². The zero-order valence-corrected chi connectivity index (χ0v) is 41.1. The summed E-state index contributed by atoms with van der Waals surface area (Å²) < 4.78 is 0. The number of hydrogen-bond donors (Lipinski definition) is 0. The van der Waals surface area contributed by atoms with Gasteiger partial charge in [-0.25, -0.2) is 0 Å². The van der Waals surface area contributed by atoms with Crippen LogP contribution in [0.2, 0.25) is 0 Å². The van der Waals surface area contributed by atoms with Crippen LogP contribution in [-0.2, 0) is 21.7 Å². The quantitative estimate of drug-likeness (QED) is 0.134. The van der Waals surface area contributed by atoms with Crippen LogP contribution in [0.15, 0.2) is 194 Å². The fourth-order valence-corrected chi connectivity index (χ4v) is 9.66. The molecule has 0 saturated carbocycles. The van der Waals surface area contributed by atoms with Crippen molar-refractivity contribution in [2.45, 2.75) is 105 Å². The third kappa shape index (κ3) is 9.49. The maximum Gasteiger partial charge on any atom is 0.108 e. The largest absolute Gasteiger partial charge is 0.195 e. The van der Waals surface area contributed by atoms with Gasteiger partial charge in [-0.05, 0) is 88.4 Å². The minimum Gasteiger partial charge on any atom is -0.195 e. The van der Waals surface area contributed by atoms with Crippen LogP contribution < -0.4 is 21.9 Å². The molecule has 8 rings (SSSR count). The molecule has 1 heteroatoms. The Bertz CT molecular complexity index is 2420. The summed E-state index contributed by atoms with van der Waals surface area (Å²) in [5.41, 5.74) is 20.7. The van der Waals surface area contributed by atoms with Gasteiger partial charge in [-0.15, -0.1) is 0 Å². The van der Waals surface area contributed by atoms with E-state index in [0.29, 0.717) is 0 Å². The molecular weight excluding hydrogens is 780 g/mol. The van der Waals surface area contributed by atoms with Crippen LogP contribution in [-0.4, -0.2) is 6.15 Å². The standard InChI is InChI=1S/C64H68B/c1-61(2,3)53-29-13-45(14-30-53)49-21-37-57(38-22-49)65(58-39-23-50(24-40-58)46-15-31-54(32-16-46)62(4,5)6,59-41-25-51(26-42-59)47-17-33-55(34-18-47)63(7,8)9)60-43-27-52(28-44-60)48-19-35-56(36-20-48)64(10,11)12/h13-44H,1-12H3/q-1. The second kappa shape index (κ2) is 17.3. The van der Waals surface area contributed by atoms with Crippen molar-refractivity contribution in [3.8, 4) is 44.5 Å². The highest BCUT2D eigenvalue weighted by atomic mass is 14.2. The van der Waals surface area contributed by atoms with Crippen molar-refractivity contribution in [2.24, 2.45) is 0 Å². The van der Waals surface area contributed by atoms with E-state index in [9.17, 15) is 0 Å². The second-order valence-electron chi connectivity index (χ2n) is 22.7. The SMILES string of the molecule is CC(C)(C)c1ccc(-c2ccc([B-](c3ccc(-c4ccc(C(C)(C)C)cc4)cc3)(c3ccc(-c4ccc(C(C)(C)C)cc4)cc3)c3ccc(-c4ccc(C(C)(C)C)cc4)cc3)cc2)cc1. The normalized spacial score (nSPS) is 12.6. The van der Waals surface area contributed by atoms with Crippen LogP contribution in [0.3, 0.4) is 0 Å². The van der Waals surface area contributed by atoms with Gasteiger partial charge in [0.1, 0.15) is 6.15 Å². The van der Waals surface area contributed by atoms with Gasteiger partial charge in [-0.3, -0.25) is 0 Å². The van der Waals surface area contributed by atoms with Crippen molar-refractivity contribution >= 4 is 28.0 Å². The van der Waals surface area contributed by atoms with Crippen molar-refractivity contribution < 1.29 is 0 Å². The fraction of sp³-hybridized carbons (Fsp3) is 0.250. The first-order chi connectivity index (χ1) is 30.7. The minimum atomic E-state index is -1.67. The molecule has 0 aliphatic heterocycles. The summed E-state index contributed by atoms with van der Waals surface area (Å²) in [6.07, 6.45) is -1.67. The Morgan fingerprint density at radius 2 is 0.308 bits per heavy atom. The van der Waals surface area contributed by atoms with E-state index in [4.69, 9.17) is 0 Å². The zero-order chi connectivity index (χ0) is 46.4. The molecule has 0 aliphatic carbocycles. The van der Waals surface area contributed by atoms with Crippen LogP contribution in [0, 0.1) is 0 Å². The van der Waals surface area contributed by atoms with Crippen LogP contribution in [0.1, 0.15) is 105 Å². The summed E-state index contributed by atoms with van der Waals surface area (Å²) in [4.78, 5) is 0. The Hall–Kier alpha value is -6.18. The van der Waals surface area contributed by atoms with Gasteiger partial charge in [-0.1, -0.05) is 277 Å². The summed E-state index contributed by atoms with van der Waals surface area (Å²) in [5.74, 6) is 0. The number of hydrogen-bond acceptors (Lipinski definition) is 0. The van der Waals surface area contributed by atoms with Gasteiger partial charge in [0.15, 0.2) is 0 Å². The van der Waals surface area contributed by atoms with Crippen molar-refractivity contribution in [1.82, 2.24) is 0 Å². The summed E-state index contributed by atoms with van der Waals surface area (Å²) in [5, 5.41) is 0. The molecule has 0 N–H and O–H groups in total. The van der Waals surface area contributed by atoms with Crippen LogP contribution in [0.4, 0.5) is 0 Å². The summed E-state index contributed by atoms with van der Waals surface area (Å²) in [6, 6.07) is 74.3. The molecule has 0 radical (unpaired) electrons. The summed E-state index contributed by atoms with van der Waals surface area (Å²) in [6.45, 7) is 27.3. The summed E-state index contributed by atoms with van der Waals surface area (Å²) >= 11 is 0. The smallest absolute Gasteiger partial charge is 0.108 e. The number of benzene rings is 8. The van der Waals surface area contributed by atoms with Gasteiger partial charge in [0.25, 0.3) is 0 Å². The molecule has 0 amide bonds. The first-order valence-electron chi connectivity index (χ1n) is 23.7. The van der Waals surface area contributed by atoms with E-state index in [2.05, 4.69) is 277 Å². The highest BCUT2D eigenvalue weighted by molar-refractivity contribution is 7.19. The molecule has 0 aromatic heterocycles. The first kappa shape index (κ1) is 45.4. The van der Waals surface area contributed by atoms with E-state index in [1.165, 1.54) is 88.6 Å². The van der Waals surface area contributed by atoms with Crippen molar-refractivity contribution in [3.05, 3.63) is 216 Å². The summed E-state index contributed by atoms with van der Waals surface area (Å²) in [7, 11) is 0. The average Bonchev–Trinajstić information content (AvgIpc) is 3.29. The molecule has 65 heavy (non-hydrogen) atoms. The monoisotopic (exact) mass is 848 g/mol. The van der Waals surface area contributed by atoms with E-state index in [-0.39, 0.29) is 21.7 Å². The van der Waals surface area contributed by atoms with Gasteiger partial charge in [-0.2, -0.15) is 21.9 Å². The predicted octanol–water partition coefficient (Wildman–Crippen LogP) is 14.9. The average molecular weight is 848 g/mol. The lowest BCUT2D eigenvalue weighted by atomic mass is 9.13. The van der Waals surface area contributed by atoms with Gasteiger partial charge in [0.2, 0.25) is 0 Å². The van der Waals surface area contributed by atoms with E-state index >= 15 is 0 Å². The van der Waals surface area contributed by atoms with Crippen LogP contribution in [0.5, 0.6) is 0 Å². The lowest BCUT2D eigenvalue weighted by molar-refractivity contribution is 0.590. The lowest BCUT2D eigenvalue weighted by Gasteiger charge is -2.44. The van der Waals surface area contributed by atoms with Crippen molar-refractivity contribution in [1.29, 1.82) is 0 Å². The Balaban J connectivity index is 1.30. The molecule has 328 valence electrons. The Labute approximate surface area is 391 Å². The maximum atomic E-state index is 2.39. The van der Waals surface area contributed by atoms with Crippen molar-refractivity contribution in [3.63, 3.8) is 0 Å². The van der Waals surface area contributed by atoms with Gasteiger partial charge in [0, 0.05) is 0 Å². The lowest BCUT2D eigenvalue weighted by Crippen LogP contribution is -2.74. The molecule has 0 unspecified atom stereocenters. The minimum absolute atomic E-state index is 0.104. The van der Waals surface area contributed by atoms with E-state index < -0.39 is 6.15 Å². The molecule has 0 saturated heterocycles. The molecule has 0 bridgehead atoms. The van der Waals surface area contributed by atoms with Gasteiger partial charge >= 0.3 is 0 Å². The highest BCUT2D eigenvalue weighted by Gasteiger charge is 2.32. The Morgan fingerprint density at radius 3 is 0.431 bits per heavy atom. The molecule has 8 aromatic carbocycles. The van der Waals surface area contributed by atoms with E-state index in [1.807, 2.05) is 0 Å². The molecule has 8 aromatic rings. The molecule has 0 atom stereocenters. The highest BCUT2D eigenvalue weighted by Crippen LogP contribution is 2.31. The van der Waals surface area contributed by atoms with Gasteiger partial charge < -0.3 is 0 Å². The molecular formula is C64H68B-. The topological polar surface area (TPSA) is 0 Å². The third-order valence-electron chi connectivity index (χ3n) is 14.0. The van der Waals surface area contributed by atoms with Crippen LogP contribution in [0.25, 0.3) is 44.5 Å². The molecule has 0 heterocycles. The molecule has 0 nitrogen and oxygen atoms in total. The molecule has 0 fully saturated rings. The van der Waals surface area contributed by atoms with Crippen molar-refractivity contribution in [2.75, 3.05) is 0 Å². The zero-order valence-electron chi connectivity index (χ0n) is 41.1. The predicted molar refractivity (Wildman–Crippen MR) is 287 cm³/mol.